The number of rotatable bonds is 26. The Morgan fingerprint density at radius 3 is 1.75 bits per heavy atom. The third kappa shape index (κ3) is 26.8. The van der Waals surface area contributed by atoms with Crippen molar-refractivity contribution in [3.63, 3.8) is 0 Å². The van der Waals surface area contributed by atoms with E-state index in [1.165, 1.54) is 51.4 Å². The van der Waals surface area contributed by atoms with E-state index in [0.29, 0.717) is 12.8 Å². The van der Waals surface area contributed by atoms with E-state index in [-0.39, 0.29) is 18.5 Å². The van der Waals surface area contributed by atoms with E-state index in [1.54, 1.807) is 0 Å². The number of esters is 1. The maximum atomic E-state index is 12.2. The van der Waals surface area contributed by atoms with Crippen LogP contribution in [0.2, 0.25) is 0 Å². The first-order chi connectivity index (χ1) is 17.6. The molecule has 0 aliphatic rings. The van der Waals surface area contributed by atoms with Crippen molar-refractivity contribution in [2.24, 2.45) is 0 Å². The van der Waals surface area contributed by atoms with Gasteiger partial charge in [-0.2, -0.15) is 0 Å². The molecular formula is C32H56O4. The maximum Gasteiger partial charge on any atom is 0.306 e. The van der Waals surface area contributed by atoms with Crippen LogP contribution in [0, 0.1) is 0 Å². The quantitative estimate of drug-likeness (QED) is 0.0723. The minimum absolute atomic E-state index is 0.00645. The highest BCUT2D eigenvalue weighted by Crippen LogP contribution is 2.15. The molecule has 4 nitrogen and oxygen atoms in total. The minimum atomic E-state index is -0.737. The molecule has 0 saturated heterocycles. The smallest absolute Gasteiger partial charge is 0.306 e. The summed E-state index contributed by atoms with van der Waals surface area (Å²) >= 11 is 0. The van der Waals surface area contributed by atoms with Crippen molar-refractivity contribution in [2.75, 3.05) is 0 Å². The third-order valence-electron chi connectivity index (χ3n) is 6.35. The van der Waals surface area contributed by atoms with Crippen LogP contribution in [0.5, 0.6) is 0 Å². The average Bonchev–Trinajstić information content (AvgIpc) is 2.85. The van der Waals surface area contributed by atoms with E-state index in [1.807, 2.05) is 0 Å². The Hall–Kier alpha value is -1.84. The second-order valence-corrected chi connectivity index (χ2v) is 9.94. The number of unbranched alkanes of at least 4 members (excludes halogenated alkanes) is 11. The van der Waals surface area contributed by atoms with Crippen molar-refractivity contribution >= 4 is 11.9 Å². The molecule has 0 fully saturated rings. The summed E-state index contributed by atoms with van der Waals surface area (Å²) in [6.45, 7) is 4.35. The van der Waals surface area contributed by atoms with Gasteiger partial charge in [0.25, 0.3) is 0 Å². The van der Waals surface area contributed by atoms with Crippen molar-refractivity contribution in [1.82, 2.24) is 0 Å². The van der Waals surface area contributed by atoms with Crippen LogP contribution in [0.1, 0.15) is 149 Å². The highest BCUT2D eigenvalue weighted by molar-refractivity contribution is 5.69. The molecule has 0 aliphatic heterocycles. The monoisotopic (exact) mass is 504 g/mol. The fourth-order valence-corrected chi connectivity index (χ4v) is 4.18. The van der Waals surface area contributed by atoms with Crippen LogP contribution in [0.25, 0.3) is 0 Å². The standard InChI is InChI=1S/C32H56O4/c1-3-5-6-7-8-9-10-11-12-13-14-15-16-17-18-19-20-21-25-29-32(35)36-30(26-4-2)27-23-22-24-28-31(33)34/h8-9,11-12,14-15,30H,3-7,10,13,16-29H2,1-2H3,(H,33,34)/b9-8-,12-11-,15-14-. The van der Waals surface area contributed by atoms with E-state index in [2.05, 4.69) is 50.3 Å². The Morgan fingerprint density at radius 1 is 0.611 bits per heavy atom. The largest absolute Gasteiger partial charge is 0.481 e. The van der Waals surface area contributed by atoms with E-state index in [9.17, 15) is 9.59 Å². The molecule has 0 aromatic carbocycles. The highest BCUT2D eigenvalue weighted by Gasteiger charge is 2.13. The summed E-state index contributed by atoms with van der Waals surface area (Å²) in [5.41, 5.74) is 0. The summed E-state index contributed by atoms with van der Waals surface area (Å²) < 4.78 is 5.68. The lowest BCUT2D eigenvalue weighted by atomic mass is 10.1. The van der Waals surface area contributed by atoms with Gasteiger partial charge >= 0.3 is 11.9 Å². The molecule has 4 heteroatoms. The van der Waals surface area contributed by atoms with Gasteiger partial charge in [-0.3, -0.25) is 9.59 Å². The summed E-state index contributed by atoms with van der Waals surface area (Å²) in [6.07, 6.45) is 35.0. The first kappa shape index (κ1) is 34.2. The molecule has 0 aromatic heterocycles. The number of hydrogen-bond acceptors (Lipinski definition) is 3. The van der Waals surface area contributed by atoms with Crippen LogP contribution in [-0.4, -0.2) is 23.1 Å². The first-order valence-corrected chi connectivity index (χ1v) is 15.0. The molecule has 0 aromatic rings. The first-order valence-electron chi connectivity index (χ1n) is 15.0. The van der Waals surface area contributed by atoms with Crippen molar-refractivity contribution < 1.29 is 19.4 Å². The topological polar surface area (TPSA) is 63.6 Å². The van der Waals surface area contributed by atoms with Crippen molar-refractivity contribution in [2.45, 2.75) is 155 Å². The lowest BCUT2D eigenvalue weighted by molar-refractivity contribution is -0.150. The number of carboxylic acids is 1. The molecule has 0 spiro atoms. The summed E-state index contributed by atoms with van der Waals surface area (Å²) in [7, 11) is 0. The van der Waals surface area contributed by atoms with Crippen LogP contribution in [0.3, 0.4) is 0 Å². The Labute approximate surface area is 222 Å². The Kier molecular flexibility index (Phi) is 26.3. The molecule has 0 amide bonds. The Balaban J connectivity index is 3.59. The molecule has 0 radical (unpaired) electrons. The number of carbonyl (C=O) groups is 2. The number of allylic oxidation sites excluding steroid dienone is 6. The molecule has 0 aliphatic carbocycles. The Bertz CT molecular complexity index is 591. The zero-order valence-electron chi connectivity index (χ0n) is 23.6. The average molecular weight is 505 g/mol. The third-order valence-corrected chi connectivity index (χ3v) is 6.35. The van der Waals surface area contributed by atoms with Gasteiger partial charge in [0.2, 0.25) is 0 Å². The van der Waals surface area contributed by atoms with Crippen LogP contribution in [0.4, 0.5) is 0 Å². The van der Waals surface area contributed by atoms with E-state index in [4.69, 9.17) is 9.84 Å². The molecule has 0 bridgehead atoms. The van der Waals surface area contributed by atoms with Gasteiger partial charge in [0, 0.05) is 12.8 Å². The zero-order valence-corrected chi connectivity index (χ0v) is 23.6. The predicted molar refractivity (Wildman–Crippen MR) is 153 cm³/mol. The fraction of sp³-hybridized carbons (Fsp3) is 0.750. The molecule has 0 rings (SSSR count). The van der Waals surface area contributed by atoms with Gasteiger partial charge in [0.1, 0.15) is 6.10 Å². The van der Waals surface area contributed by atoms with Gasteiger partial charge in [-0.1, -0.05) is 102 Å². The molecule has 0 heterocycles. The fourth-order valence-electron chi connectivity index (χ4n) is 4.18. The lowest BCUT2D eigenvalue weighted by Crippen LogP contribution is -2.18. The van der Waals surface area contributed by atoms with Crippen molar-refractivity contribution in [1.29, 1.82) is 0 Å². The van der Waals surface area contributed by atoms with Gasteiger partial charge in [0.15, 0.2) is 0 Å². The van der Waals surface area contributed by atoms with E-state index >= 15 is 0 Å². The number of hydrogen-bond donors (Lipinski definition) is 1. The molecular weight excluding hydrogens is 448 g/mol. The van der Waals surface area contributed by atoms with Gasteiger partial charge in [-0.15, -0.1) is 0 Å². The molecule has 36 heavy (non-hydrogen) atoms. The SMILES string of the molecule is CCCCC/C=C\C/C=C\C/C=C\CCCCCCCCC(=O)OC(CCC)CCCCCC(=O)O. The van der Waals surface area contributed by atoms with Gasteiger partial charge in [0.05, 0.1) is 0 Å². The Morgan fingerprint density at radius 2 is 1.14 bits per heavy atom. The summed E-state index contributed by atoms with van der Waals surface area (Å²) in [5, 5.41) is 8.70. The van der Waals surface area contributed by atoms with E-state index in [0.717, 1.165) is 64.2 Å². The second kappa shape index (κ2) is 27.7. The normalized spacial score (nSPS) is 12.7. The highest BCUT2D eigenvalue weighted by atomic mass is 16.5. The van der Waals surface area contributed by atoms with Crippen molar-refractivity contribution in [3.05, 3.63) is 36.5 Å². The predicted octanol–water partition coefficient (Wildman–Crippen LogP) is 9.88. The molecule has 1 atom stereocenters. The minimum Gasteiger partial charge on any atom is -0.481 e. The molecule has 1 N–H and O–H groups in total. The zero-order chi connectivity index (χ0) is 26.5. The van der Waals surface area contributed by atoms with Crippen LogP contribution in [0.15, 0.2) is 36.5 Å². The summed E-state index contributed by atoms with van der Waals surface area (Å²) in [5.74, 6) is -0.806. The number of carboxylic acid groups (broad SMARTS) is 1. The lowest BCUT2D eigenvalue weighted by Gasteiger charge is -2.17. The molecule has 0 saturated carbocycles. The number of ether oxygens (including phenoxy) is 1. The van der Waals surface area contributed by atoms with Gasteiger partial charge in [-0.25, -0.2) is 0 Å². The van der Waals surface area contributed by atoms with Crippen LogP contribution < -0.4 is 0 Å². The molecule has 208 valence electrons. The van der Waals surface area contributed by atoms with Crippen LogP contribution in [-0.2, 0) is 14.3 Å². The molecule has 1 unspecified atom stereocenters. The maximum absolute atomic E-state index is 12.2. The van der Waals surface area contributed by atoms with E-state index < -0.39 is 5.97 Å². The van der Waals surface area contributed by atoms with Crippen molar-refractivity contribution in [3.8, 4) is 0 Å². The second-order valence-electron chi connectivity index (χ2n) is 9.94. The summed E-state index contributed by atoms with van der Waals surface area (Å²) in [4.78, 5) is 22.7. The number of carbonyl (C=O) groups excluding carboxylic acids is 1. The number of aliphatic carboxylic acids is 1. The van der Waals surface area contributed by atoms with Crippen LogP contribution >= 0.6 is 0 Å². The van der Waals surface area contributed by atoms with Gasteiger partial charge in [-0.05, 0) is 70.6 Å². The summed E-state index contributed by atoms with van der Waals surface area (Å²) in [6, 6.07) is 0. The van der Waals surface area contributed by atoms with Gasteiger partial charge < -0.3 is 9.84 Å².